The molecule has 0 saturated heterocycles. The van der Waals surface area contributed by atoms with E-state index in [0.29, 0.717) is 25.7 Å². The third-order valence-corrected chi connectivity index (χ3v) is 7.85. The van der Waals surface area contributed by atoms with Crippen molar-refractivity contribution in [3.8, 4) is 0 Å². The normalized spacial score (nSPS) is 41.0. The van der Waals surface area contributed by atoms with E-state index in [1.807, 2.05) is 0 Å². The fourth-order valence-corrected chi connectivity index (χ4v) is 6.62. The van der Waals surface area contributed by atoms with Crippen LogP contribution in [0.2, 0.25) is 0 Å². The van der Waals surface area contributed by atoms with Crippen molar-refractivity contribution in [2.45, 2.75) is 55.8 Å². The van der Waals surface area contributed by atoms with Crippen LogP contribution in [0, 0.1) is 17.3 Å². The van der Waals surface area contributed by atoms with Gasteiger partial charge in [0.2, 0.25) is 4.75 Å². The number of carbonyl (C=O) groups excluding carboxylic acids is 1. The van der Waals surface area contributed by atoms with Crippen LogP contribution in [0.1, 0.15) is 45.4 Å². The van der Waals surface area contributed by atoms with Gasteiger partial charge in [-0.3, -0.25) is 4.94 Å². The van der Waals surface area contributed by atoms with E-state index < -0.39 is 31.9 Å². The molecule has 0 amide bonds. The summed E-state index contributed by atoms with van der Waals surface area (Å²) < 4.78 is 50.0. The maximum atomic E-state index is 12.7. The maximum absolute atomic E-state index is 12.7. The topological polar surface area (TPSA) is 89.9 Å². The Balaban J connectivity index is 0.00000192. The molecule has 23 heavy (non-hydrogen) atoms. The molecule has 0 aromatic heterocycles. The zero-order valence-electron chi connectivity index (χ0n) is 12.0. The molecule has 0 aliphatic heterocycles. The van der Waals surface area contributed by atoms with Crippen molar-refractivity contribution < 1.29 is 36.7 Å². The second-order valence-electron chi connectivity index (χ2n) is 7.38. The Morgan fingerprint density at radius 1 is 1.22 bits per heavy atom. The first-order chi connectivity index (χ1) is 10.1. The summed E-state index contributed by atoms with van der Waals surface area (Å²) in [6.07, 6.45) is 2.42. The zero-order valence-corrected chi connectivity index (χ0v) is 12.9. The van der Waals surface area contributed by atoms with Crippen LogP contribution in [0.15, 0.2) is 0 Å². The molecule has 4 aliphatic carbocycles. The average molecular weight is 364 g/mol. The summed E-state index contributed by atoms with van der Waals surface area (Å²) in [7, 11) is -5.05. The summed E-state index contributed by atoms with van der Waals surface area (Å²) in [5.41, 5.74) is -2.40. The van der Waals surface area contributed by atoms with Crippen LogP contribution >= 0.6 is 0 Å². The second-order valence-corrected chi connectivity index (χ2v) is 9.23. The van der Waals surface area contributed by atoms with Gasteiger partial charge in [0.15, 0.2) is 0 Å². The predicted octanol–water partition coefficient (Wildman–Crippen LogP) is 1.09. The summed E-state index contributed by atoms with van der Waals surface area (Å²) in [6, 6.07) is 0. The van der Waals surface area contributed by atoms with E-state index in [1.54, 1.807) is 0 Å². The standard InChI is InChI=1S/C13H18F2O6S.Na.H/c1-11(10(16)20-14,22(18,19)21-15)12-3-8-2-9(4-12)6-13(17,5-8)7-12;;/h8-9,17H,2-7H2,1H3;;. The molecule has 4 fully saturated rings. The van der Waals surface area contributed by atoms with E-state index in [9.17, 15) is 27.4 Å². The first-order valence-electron chi connectivity index (χ1n) is 7.22. The Morgan fingerprint density at radius 3 is 2.13 bits per heavy atom. The predicted molar refractivity (Wildman–Crippen MR) is 75.9 cm³/mol. The molecule has 3 unspecified atom stereocenters. The summed E-state index contributed by atoms with van der Waals surface area (Å²) >= 11 is 0. The Labute approximate surface area is 155 Å². The number of carbonyl (C=O) groups is 1. The van der Waals surface area contributed by atoms with Crippen molar-refractivity contribution >= 4 is 45.6 Å². The van der Waals surface area contributed by atoms with Crippen molar-refractivity contribution in [3.63, 3.8) is 0 Å². The van der Waals surface area contributed by atoms with Gasteiger partial charge >= 0.3 is 45.6 Å². The minimum absolute atomic E-state index is 0. The van der Waals surface area contributed by atoms with Gasteiger partial charge in [-0.1, -0.05) is 4.39 Å². The Morgan fingerprint density at radius 2 is 1.74 bits per heavy atom. The molecule has 10 heteroatoms. The van der Waals surface area contributed by atoms with E-state index in [-0.39, 0.29) is 47.8 Å². The molecule has 0 heterocycles. The molecule has 128 valence electrons. The number of hydrogen-bond acceptors (Lipinski definition) is 6. The minimum atomic E-state index is -5.05. The molecule has 6 nitrogen and oxygen atoms in total. The van der Waals surface area contributed by atoms with Crippen molar-refractivity contribution in [1.29, 1.82) is 0 Å². The van der Waals surface area contributed by atoms with Crippen molar-refractivity contribution in [2.24, 2.45) is 17.3 Å². The molecule has 4 rings (SSSR count). The fraction of sp³-hybridized carbons (Fsp3) is 0.923. The van der Waals surface area contributed by atoms with Gasteiger partial charge < -0.3 is 5.11 Å². The average Bonchev–Trinajstić information content (AvgIpc) is 2.42. The van der Waals surface area contributed by atoms with E-state index in [4.69, 9.17) is 0 Å². The number of aliphatic hydroxyl groups is 1. The molecule has 4 aliphatic rings. The van der Waals surface area contributed by atoms with Crippen LogP contribution < -0.4 is 0 Å². The van der Waals surface area contributed by atoms with Crippen molar-refractivity contribution in [2.75, 3.05) is 0 Å². The van der Waals surface area contributed by atoms with Gasteiger partial charge in [-0.2, -0.15) is 8.42 Å². The number of halogens is 2. The first kappa shape index (κ1) is 19.5. The first-order valence-corrected chi connectivity index (χ1v) is 8.62. The zero-order chi connectivity index (χ0) is 16.4. The molecule has 3 atom stereocenters. The summed E-state index contributed by atoms with van der Waals surface area (Å²) in [4.78, 5) is 15.1. The molecule has 1 N–H and O–H groups in total. The second kappa shape index (κ2) is 5.88. The van der Waals surface area contributed by atoms with Crippen LogP contribution in [0.3, 0.4) is 0 Å². The number of rotatable bonds is 4. The Kier molecular flexibility index (Phi) is 4.99. The Bertz CT molecular complexity index is 598. The molecule has 0 radical (unpaired) electrons. The number of hydrogen-bond donors (Lipinski definition) is 1. The molecular weight excluding hydrogens is 345 g/mol. The van der Waals surface area contributed by atoms with Crippen LogP contribution in [0.5, 0.6) is 0 Å². The molecule has 4 bridgehead atoms. The van der Waals surface area contributed by atoms with Gasteiger partial charge in [0, 0.05) is 9.94 Å². The van der Waals surface area contributed by atoms with Gasteiger partial charge in [0.1, 0.15) is 0 Å². The van der Waals surface area contributed by atoms with E-state index >= 15 is 0 Å². The molecule has 0 aromatic carbocycles. The fourth-order valence-electron chi connectivity index (χ4n) is 5.49. The van der Waals surface area contributed by atoms with Gasteiger partial charge in [0.25, 0.3) is 0 Å². The molecule has 0 spiro atoms. The monoisotopic (exact) mass is 364 g/mol. The van der Waals surface area contributed by atoms with Gasteiger partial charge in [-0.25, -0.2) is 4.79 Å². The van der Waals surface area contributed by atoms with E-state index in [2.05, 4.69) is 9.33 Å². The summed E-state index contributed by atoms with van der Waals surface area (Å²) in [5, 5.41) is 10.6. The van der Waals surface area contributed by atoms with Crippen LogP contribution in [0.4, 0.5) is 9.05 Å². The van der Waals surface area contributed by atoms with Crippen molar-refractivity contribution in [1.82, 2.24) is 0 Å². The third-order valence-electron chi connectivity index (χ3n) is 6.08. The van der Waals surface area contributed by atoms with E-state index in [0.717, 1.165) is 13.3 Å². The molecule has 4 saturated carbocycles. The third kappa shape index (κ3) is 2.58. The van der Waals surface area contributed by atoms with Crippen LogP contribution in [0.25, 0.3) is 0 Å². The van der Waals surface area contributed by atoms with E-state index in [1.165, 1.54) is 0 Å². The Hall–Kier alpha value is 0.200. The van der Waals surface area contributed by atoms with Gasteiger partial charge in [0.05, 0.1) is 5.60 Å². The van der Waals surface area contributed by atoms with Crippen LogP contribution in [-0.4, -0.2) is 59.4 Å². The molecular formula is C13H19F2NaO6S. The van der Waals surface area contributed by atoms with Crippen LogP contribution in [-0.2, 0) is 24.2 Å². The molecule has 0 aromatic rings. The summed E-state index contributed by atoms with van der Waals surface area (Å²) in [6.45, 7) is 0.931. The van der Waals surface area contributed by atoms with Gasteiger partial charge in [-0.05, 0) is 61.8 Å². The van der Waals surface area contributed by atoms with Gasteiger partial charge in [-0.15, -0.1) is 0 Å². The summed E-state index contributed by atoms with van der Waals surface area (Å²) in [5.74, 6) is -1.66. The quantitative estimate of drug-likeness (QED) is 0.751. The SMILES string of the molecule is CC(C(=O)OF)(C12CC3CC(CC(O)(C3)C1)C2)S(=O)(=O)OF.[NaH]. The van der Waals surface area contributed by atoms with Crippen molar-refractivity contribution in [3.05, 3.63) is 0 Å².